The van der Waals surface area contributed by atoms with Gasteiger partial charge < -0.3 is 14.2 Å². The third kappa shape index (κ3) is 57.5. The number of hydrogen-bond acceptors (Lipinski definition) is 6. The monoisotopic (exact) mass is 1000 g/mol. The number of rotatable bonds is 55. The number of hydrogen-bond donors (Lipinski definition) is 0. The lowest BCUT2D eigenvalue weighted by atomic mass is 10.0. The van der Waals surface area contributed by atoms with E-state index in [0.29, 0.717) is 19.3 Å². The molecule has 0 bridgehead atoms. The van der Waals surface area contributed by atoms with Crippen LogP contribution in [0.25, 0.3) is 0 Å². The van der Waals surface area contributed by atoms with Gasteiger partial charge in [-0.3, -0.25) is 14.4 Å². The molecule has 0 aliphatic carbocycles. The van der Waals surface area contributed by atoms with Crippen LogP contribution in [0.3, 0.4) is 0 Å². The molecule has 1 atom stereocenters. The molecule has 0 aliphatic heterocycles. The van der Waals surface area contributed by atoms with Crippen LogP contribution < -0.4 is 0 Å². The van der Waals surface area contributed by atoms with E-state index in [9.17, 15) is 14.4 Å². The van der Waals surface area contributed by atoms with Crippen LogP contribution in [-0.4, -0.2) is 37.2 Å². The van der Waals surface area contributed by atoms with Crippen LogP contribution in [0, 0.1) is 0 Å². The van der Waals surface area contributed by atoms with Crippen molar-refractivity contribution < 1.29 is 28.6 Å². The standard InChI is InChI=1S/C66H114O6/c1-4-7-10-13-16-19-22-25-28-31-33-36-38-41-44-47-50-53-56-59-65(68)71-62-63(61-70-64(67)58-55-52-49-46-43-40-37-34-30-27-24-21-18-15-12-9-6-3)72-66(69)60-57-54-51-48-45-42-39-35-32-29-26-23-20-17-14-11-8-5-2/h16,18-19,21,25,27-28,30,33,36-37,40,46,49,63H,4-15,17,20,22-24,26,29,31-32,34-35,38-39,41-45,47-48,50-62H2,1-3H3/b19-16-,21-18-,28-25-,30-27-,36-33-,40-37-,49-46-/t63-/m1/s1. The Morgan fingerprint density at radius 3 is 0.861 bits per heavy atom. The summed E-state index contributed by atoms with van der Waals surface area (Å²) in [6, 6.07) is 0. The third-order valence-electron chi connectivity index (χ3n) is 13.1. The molecule has 0 aliphatic rings. The molecule has 6 heteroatoms. The Balaban J connectivity index is 4.47. The van der Waals surface area contributed by atoms with Gasteiger partial charge in [-0.2, -0.15) is 0 Å². The fourth-order valence-electron chi connectivity index (χ4n) is 8.50. The highest BCUT2D eigenvalue weighted by Gasteiger charge is 2.19. The Bertz CT molecular complexity index is 1380. The van der Waals surface area contributed by atoms with Gasteiger partial charge in [0.1, 0.15) is 13.2 Å². The largest absolute Gasteiger partial charge is 0.462 e. The number of allylic oxidation sites excluding steroid dienone is 14. The molecule has 0 aromatic carbocycles. The predicted octanol–water partition coefficient (Wildman–Crippen LogP) is 20.7. The molecule has 0 saturated carbocycles. The topological polar surface area (TPSA) is 78.9 Å². The smallest absolute Gasteiger partial charge is 0.306 e. The molecule has 0 unspecified atom stereocenters. The van der Waals surface area contributed by atoms with Gasteiger partial charge in [0.05, 0.1) is 0 Å². The Hall–Kier alpha value is -3.41. The summed E-state index contributed by atoms with van der Waals surface area (Å²) in [5.74, 6) is -0.957. The summed E-state index contributed by atoms with van der Waals surface area (Å²) >= 11 is 0. The zero-order valence-corrected chi connectivity index (χ0v) is 47.4. The van der Waals surface area contributed by atoms with E-state index in [1.807, 2.05) is 0 Å². The first-order chi connectivity index (χ1) is 35.5. The van der Waals surface area contributed by atoms with E-state index < -0.39 is 6.10 Å². The summed E-state index contributed by atoms with van der Waals surface area (Å²) < 4.78 is 16.9. The molecule has 414 valence electrons. The van der Waals surface area contributed by atoms with Crippen molar-refractivity contribution in [2.45, 2.75) is 303 Å². The number of carbonyl (C=O) groups excluding carboxylic acids is 3. The average molecular weight is 1000 g/mol. The number of esters is 3. The van der Waals surface area contributed by atoms with E-state index in [1.165, 1.54) is 167 Å². The second kappa shape index (κ2) is 60.1. The highest BCUT2D eigenvalue weighted by Crippen LogP contribution is 2.16. The summed E-state index contributed by atoms with van der Waals surface area (Å²) in [6.45, 7) is 6.56. The zero-order valence-electron chi connectivity index (χ0n) is 47.4. The van der Waals surface area contributed by atoms with Gasteiger partial charge in [-0.15, -0.1) is 0 Å². The number of unbranched alkanes of at least 4 members (excludes halogenated alkanes) is 30. The fraction of sp³-hybridized carbons (Fsp3) is 0.742. The van der Waals surface area contributed by atoms with Gasteiger partial charge in [0.2, 0.25) is 0 Å². The Labute approximate surface area is 445 Å². The van der Waals surface area contributed by atoms with Crippen LogP contribution >= 0.6 is 0 Å². The van der Waals surface area contributed by atoms with Crippen LogP contribution in [-0.2, 0) is 28.6 Å². The molecule has 0 saturated heterocycles. The average Bonchev–Trinajstić information content (AvgIpc) is 3.38. The zero-order chi connectivity index (χ0) is 52.2. The maximum absolute atomic E-state index is 12.9. The van der Waals surface area contributed by atoms with Crippen LogP contribution in [0.15, 0.2) is 85.1 Å². The lowest BCUT2D eigenvalue weighted by Gasteiger charge is -2.18. The molecular weight excluding hydrogens is 889 g/mol. The van der Waals surface area contributed by atoms with E-state index in [1.54, 1.807) is 0 Å². The Morgan fingerprint density at radius 1 is 0.278 bits per heavy atom. The lowest BCUT2D eigenvalue weighted by Crippen LogP contribution is -2.30. The normalized spacial score (nSPS) is 12.7. The minimum Gasteiger partial charge on any atom is -0.462 e. The summed E-state index contributed by atoms with van der Waals surface area (Å²) in [4.78, 5) is 38.2. The molecule has 72 heavy (non-hydrogen) atoms. The van der Waals surface area contributed by atoms with Gasteiger partial charge in [-0.05, 0) is 96.3 Å². The van der Waals surface area contributed by atoms with Crippen molar-refractivity contribution in [3.63, 3.8) is 0 Å². The molecule has 0 heterocycles. The third-order valence-corrected chi connectivity index (χ3v) is 13.1. The van der Waals surface area contributed by atoms with Crippen molar-refractivity contribution in [2.24, 2.45) is 0 Å². The van der Waals surface area contributed by atoms with Crippen LogP contribution in [0.5, 0.6) is 0 Å². The molecule has 0 aromatic heterocycles. The van der Waals surface area contributed by atoms with Crippen LogP contribution in [0.1, 0.15) is 297 Å². The van der Waals surface area contributed by atoms with Crippen molar-refractivity contribution in [3.8, 4) is 0 Å². The first-order valence-electron chi connectivity index (χ1n) is 30.6. The first-order valence-corrected chi connectivity index (χ1v) is 30.6. The molecule has 0 N–H and O–H groups in total. The van der Waals surface area contributed by atoms with Gasteiger partial charge in [0.25, 0.3) is 0 Å². The maximum atomic E-state index is 12.9. The maximum Gasteiger partial charge on any atom is 0.306 e. The quantitative estimate of drug-likeness (QED) is 0.0261. The van der Waals surface area contributed by atoms with Crippen molar-refractivity contribution in [2.75, 3.05) is 13.2 Å². The molecule has 0 aromatic rings. The van der Waals surface area contributed by atoms with E-state index in [4.69, 9.17) is 14.2 Å². The fourth-order valence-corrected chi connectivity index (χ4v) is 8.50. The Kier molecular flexibility index (Phi) is 57.3. The second-order valence-corrected chi connectivity index (χ2v) is 20.3. The molecule has 0 spiro atoms. The molecule has 0 fully saturated rings. The predicted molar refractivity (Wildman–Crippen MR) is 311 cm³/mol. The van der Waals surface area contributed by atoms with Crippen molar-refractivity contribution in [1.82, 2.24) is 0 Å². The molecular formula is C66H114O6. The summed E-state index contributed by atoms with van der Waals surface area (Å²) in [5.41, 5.74) is 0. The highest BCUT2D eigenvalue weighted by atomic mass is 16.6. The van der Waals surface area contributed by atoms with E-state index in [2.05, 4.69) is 106 Å². The van der Waals surface area contributed by atoms with Gasteiger partial charge in [0.15, 0.2) is 6.10 Å². The van der Waals surface area contributed by atoms with E-state index in [-0.39, 0.29) is 37.5 Å². The van der Waals surface area contributed by atoms with E-state index in [0.717, 1.165) is 83.5 Å². The minimum absolute atomic E-state index is 0.0985. The molecule has 0 amide bonds. The van der Waals surface area contributed by atoms with Crippen molar-refractivity contribution in [3.05, 3.63) is 85.1 Å². The Morgan fingerprint density at radius 2 is 0.514 bits per heavy atom. The SMILES string of the molecule is CCCCC/C=C\C/C=C\C/C=C\C/C=C\CCCC(=O)OC[C@H](COC(=O)CCCCCCCC/C=C\C/C=C\C/C=C\CCCCC)OC(=O)CCCCCCCCCCCCCCCCCCCC. The summed E-state index contributed by atoms with van der Waals surface area (Å²) in [5, 5.41) is 0. The van der Waals surface area contributed by atoms with Gasteiger partial charge in [0, 0.05) is 19.3 Å². The van der Waals surface area contributed by atoms with Gasteiger partial charge in [-0.25, -0.2) is 0 Å². The van der Waals surface area contributed by atoms with Crippen LogP contribution in [0.4, 0.5) is 0 Å². The lowest BCUT2D eigenvalue weighted by molar-refractivity contribution is -0.167. The minimum atomic E-state index is -0.804. The number of carbonyl (C=O) groups is 3. The van der Waals surface area contributed by atoms with E-state index >= 15 is 0 Å². The highest BCUT2D eigenvalue weighted by molar-refractivity contribution is 5.71. The summed E-state index contributed by atoms with van der Waals surface area (Å²) in [6.07, 6.45) is 78.6. The first kappa shape index (κ1) is 68.6. The summed E-state index contributed by atoms with van der Waals surface area (Å²) in [7, 11) is 0. The van der Waals surface area contributed by atoms with Crippen LogP contribution in [0.2, 0.25) is 0 Å². The van der Waals surface area contributed by atoms with Gasteiger partial charge in [-0.1, -0.05) is 266 Å². The van der Waals surface area contributed by atoms with Gasteiger partial charge >= 0.3 is 17.9 Å². The van der Waals surface area contributed by atoms with Crippen molar-refractivity contribution in [1.29, 1.82) is 0 Å². The number of ether oxygens (including phenoxy) is 3. The molecule has 6 nitrogen and oxygen atoms in total. The molecule has 0 rings (SSSR count). The molecule has 0 radical (unpaired) electrons. The van der Waals surface area contributed by atoms with Crippen molar-refractivity contribution >= 4 is 17.9 Å². The second-order valence-electron chi connectivity index (χ2n) is 20.3.